The third-order valence-corrected chi connectivity index (χ3v) is 6.85. The van der Waals surface area contributed by atoms with Crippen molar-refractivity contribution in [2.75, 3.05) is 4.90 Å². The van der Waals surface area contributed by atoms with E-state index in [9.17, 15) is 14.4 Å². The Hall–Kier alpha value is -3.03. The fourth-order valence-corrected chi connectivity index (χ4v) is 4.44. The monoisotopic (exact) mass is 562 g/mol. The van der Waals surface area contributed by atoms with Gasteiger partial charge in [0, 0.05) is 0 Å². The quantitative estimate of drug-likeness (QED) is 0.264. The number of nitrogens with zero attached hydrogens (tertiary/aromatic N) is 1. The Kier molecular flexibility index (Phi) is 7.62. The lowest BCUT2D eigenvalue weighted by Gasteiger charge is -2.27. The van der Waals surface area contributed by atoms with E-state index in [1.165, 1.54) is 18.2 Å². The van der Waals surface area contributed by atoms with Gasteiger partial charge in [0.2, 0.25) is 0 Å². The first-order chi connectivity index (χ1) is 17.0. The molecule has 184 valence electrons. The lowest BCUT2D eigenvalue weighted by atomic mass is 10.0. The van der Waals surface area contributed by atoms with Crippen LogP contribution in [0.15, 0.2) is 54.1 Å². The van der Waals surface area contributed by atoms with Gasteiger partial charge in [0.25, 0.3) is 11.8 Å². The second-order valence-corrected chi connectivity index (χ2v) is 9.71. The number of halogens is 4. The predicted octanol–water partition coefficient (Wildman–Crippen LogP) is 7.16. The summed E-state index contributed by atoms with van der Waals surface area (Å²) in [5, 5.41) is 3.35. The van der Waals surface area contributed by atoms with Crippen molar-refractivity contribution in [1.29, 1.82) is 0 Å². The molecule has 0 aromatic heterocycles. The first-order valence-electron chi connectivity index (χ1n) is 10.6. The summed E-state index contributed by atoms with van der Waals surface area (Å²) in [6.45, 7) is 3.91. The Morgan fingerprint density at radius 3 is 2.17 bits per heavy atom. The number of amides is 4. The van der Waals surface area contributed by atoms with E-state index in [4.69, 9.17) is 51.1 Å². The van der Waals surface area contributed by atoms with E-state index in [0.717, 1.165) is 21.6 Å². The van der Waals surface area contributed by atoms with Crippen molar-refractivity contribution in [2.24, 2.45) is 0 Å². The van der Waals surface area contributed by atoms with Gasteiger partial charge in [-0.3, -0.25) is 14.9 Å². The van der Waals surface area contributed by atoms with E-state index < -0.39 is 17.8 Å². The minimum absolute atomic E-state index is 0.130. The molecule has 0 saturated carbocycles. The topological polar surface area (TPSA) is 75.7 Å². The molecule has 3 aromatic carbocycles. The molecule has 1 fully saturated rings. The number of nitrogens with one attached hydrogen (secondary N) is 1. The normalized spacial score (nSPS) is 14.9. The van der Waals surface area contributed by atoms with Gasteiger partial charge in [-0.1, -0.05) is 58.5 Å². The summed E-state index contributed by atoms with van der Waals surface area (Å²) in [6, 6.07) is 12.4. The predicted molar refractivity (Wildman–Crippen MR) is 142 cm³/mol. The highest BCUT2D eigenvalue weighted by Gasteiger charge is 2.37. The van der Waals surface area contributed by atoms with Crippen LogP contribution in [0.3, 0.4) is 0 Å². The summed E-state index contributed by atoms with van der Waals surface area (Å²) in [4.78, 5) is 39.0. The number of urea groups is 1. The molecule has 3 aromatic rings. The average molecular weight is 564 g/mol. The van der Waals surface area contributed by atoms with Crippen molar-refractivity contribution in [2.45, 2.75) is 20.5 Å². The maximum Gasteiger partial charge on any atom is 0.335 e. The molecule has 1 aliphatic rings. The van der Waals surface area contributed by atoms with Gasteiger partial charge in [0.1, 0.15) is 12.2 Å². The summed E-state index contributed by atoms with van der Waals surface area (Å²) in [5.74, 6) is -1.37. The van der Waals surface area contributed by atoms with Crippen LogP contribution in [-0.4, -0.2) is 17.8 Å². The Labute approximate surface area is 227 Å². The van der Waals surface area contributed by atoms with Crippen molar-refractivity contribution >= 4 is 76.0 Å². The van der Waals surface area contributed by atoms with Gasteiger partial charge < -0.3 is 4.74 Å². The largest absolute Gasteiger partial charge is 0.486 e. The first kappa shape index (κ1) is 26.0. The summed E-state index contributed by atoms with van der Waals surface area (Å²) in [5.41, 5.74) is 3.13. The summed E-state index contributed by atoms with van der Waals surface area (Å²) >= 11 is 24.8. The molecule has 36 heavy (non-hydrogen) atoms. The third kappa shape index (κ3) is 5.37. The van der Waals surface area contributed by atoms with Crippen LogP contribution in [0.2, 0.25) is 20.1 Å². The van der Waals surface area contributed by atoms with Crippen molar-refractivity contribution in [3.8, 4) is 5.75 Å². The van der Waals surface area contributed by atoms with Gasteiger partial charge in [0.05, 0.1) is 25.8 Å². The highest BCUT2D eigenvalue weighted by Crippen LogP contribution is 2.36. The molecule has 10 heteroatoms. The molecule has 1 N–H and O–H groups in total. The zero-order valence-electron chi connectivity index (χ0n) is 19.0. The molecule has 0 atom stereocenters. The fourth-order valence-electron chi connectivity index (χ4n) is 3.51. The van der Waals surface area contributed by atoms with Gasteiger partial charge in [-0.2, -0.15) is 0 Å². The van der Waals surface area contributed by atoms with E-state index in [1.807, 2.05) is 13.8 Å². The van der Waals surface area contributed by atoms with Crippen LogP contribution in [0.25, 0.3) is 6.08 Å². The Morgan fingerprint density at radius 2 is 1.53 bits per heavy atom. The number of hydrogen-bond acceptors (Lipinski definition) is 4. The Morgan fingerprint density at radius 1 is 0.833 bits per heavy atom. The van der Waals surface area contributed by atoms with Gasteiger partial charge in [-0.05, 0) is 78.6 Å². The molecule has 1 saturated heterocycles. The molecule has 0 spiro atoms. The van der Waals surface area contributed by atoms with E-state index in [0.29, 0.717) is 21.3 Å². The van der Waals surface area contributed by atoms with Gasteiger partial charge in [0.15, 0.2) is 5.75 Å². The molecular formula is C26H18Cl4N2O4. The molecule has 0 unspecified atom stereocenters. The van der Waals surface area contributed by atoms with E-state index in [2.05, 4.69) is 5.32 Å². The number of rotatable bonds is 5. The number of carbonyl (C=O) groups excluding carboxylic acids is 3. The lowest BCUT2D eigenvalue weighted by Crippen LogP contribution is -2.54. The van der Waals surface area contributed by atoms with Crippen LogP contribution in [0.4, 0.5) is 10.5 Å². The van der Waals surface area contributed by atoms with Crippen LogP contribution in [0.1, 0.15) is 22.3 Å². The Balaban J connectivity index is 1.61. The van der Waals surface area contributed by atoms with E-state index >= 15 is 0 Å². The highest BCUT2D eigenvalue weighted by molar-refractivity contribution is 6.42. The van der Waals surface area contributed by atoms with Gasteiger partial charge in [-0.15, -0.1) is 0 Å². The maximum atomic E-state index is 13.2. The van der Waals surface area contributed by atoms with Crippen LogP contribution in [0.5, 0.6) is 5.75 Å². The minimum atomic E-state index is -0.826. The minimum Gasteiger partial charge on any atom is -0.486 e. The van der Waals surface area contributed by atoms with Crippen molar-refractivity contribution in [1.82, 2.24) is 5.32 Å². The van der Waals surface area contributed by atoms with Crippen LogP contribution < -0.4 is 15.0 Å². The number of imide groups is 2. The number of hydrogen-bond donors (Lipinski definition) is 1. The molecular weight excluding hydrogens is 546 g/mol. The molecule has 0 aliphatic carbocycles. The highest BCUT2D eigenvalue weighted by atomic mass is 35.5. The summed E-state index contributed by atoms with van der Waals surface area (Å²) in [7, 11) is 0. The van der Waals surface area contributed by atoms with Crippen LogP contribution in [0, 0.1) is 13.8 Å². The van der Waals surface area contributed by atoms with Crippen molar-refractivity contribution in [3.05, 3.63) is 96.4 Å². The maximum absolute atomic E-state index is 13.2. The third-order valence-electron chi connectivity index (χ3n) is 5.55. The number of benzene rings is 3. The van der Waals surface area contributed by atoms with E-state index in [-0.39, 0.29) is 28.0 Å². The number of barbiturate groups is 1. The SMILES string of the molecule is Cc1ccc(N2C(=O)NC(=O)/C(=C\c3cc(Cl)c(OCc4ccc(Cl)c(Cl)c4)c(Cl)c3)C2=O)cc1C. The summed E-state index contributed by atoms with van der Waals surface area (Å²) in [6.07, 6.45) is 1.32. The number of aryl methyl sites for hydroxylation is 2. The number of ether oxygens (including phenoxy) is 1. The number of anilines is 1. The summed E-state index contributed by atoms with van der Waals surface area (Å²) < 4.78 is 5.76. The first-order valence-corrected chi connectivity index (χ1v) is 12.1. The smallest absolute Gasteiger partial charge is 0.335 e. The number of carbonyl (C=O) groups is 3. The zero-order chi connectivity index (χ0) is 26.1. The molecule has 0 radical (unpaired) electrons. The van der Waals surface area contributed by atoms with Crippen LogP contribution >= 0.6 is 46.4 Å². The standard InChI is InChI=1S/C26H18Cl4N2O4/c1-13-3-5-17(7-14(13)2)32-25(34)18(24(33)31-26(32)35)8-16-10-21(29)23(22(30)11-16)36-12-15-4-6-19(27)20(28)9-15/h3-11H,12H2,1-2H3,(H,31,33,35)/b18-8+. The molecule has 1 heterocycles. The second-order valence-electron chi connectivity index (χ2n) is 8.08. The molecule has 1 aliphatic heterocycles. The van der Waals surface area contributed by atoms with Crippen molar-refractivity contribution < 1.29 is 19.1 Å². The lowest BCUT2D eigenvalue weighted by molar-refractivity contribution is -0.122. The molecule has 4 rings (SSSR count). The fraction of sp³-hybridized carbons (Fsp3) is 0.115. The molecule has 0 bridgehead atoms. The molecule has 4 amide bonds. The van der Waals surface area contributed by atoms with Crippen LogP contribution in [-0.2, 0) is 16.2 Å². The van der Waals surface area contributed by atoms with E-state index in [1.54, 1.807) is 36.4 Å². The van der Waals surface area contributed by atoms with Gasteiger partial charge >= 0.3 is 6.03 Å². The molecule has 6 nitrogen and oxygen atoms in total. The second kappa shape index (κ2) is 10.5. The Bertz CT molecular complexity index is 1430. The van der Waals surface area contributed by atoms with Gasteiger partial charge in [-0.25, -0.2) is 9.69 Å². The average Bonchev–Trinajstić information content (AvgIpc) is 2.80. The zero-order valence-corrected chi connectivity index (χ0v) is 22.0. The van der Waals surface area contributed by atoms with Crippen molar-refractivity contribution in [3.63, 3.8) is 0 Å².